The molecule has 0 atom stereocenters. The predicted molar refractivity (Wildman–Crippen MR) is 185 cm³/mol. The van der Waals surface area contributed by atoms with Crippen molar-refractivity contribution in [1.29, 1.82) is 0 Å². The quantitative estimate of drug-likeness (QED) is 0.132. The molecule has 0 N–H and O–H groups in total. The molecular weight excluding hydrogens is 600 g/mol. The van der Waals surface area contributed by atoms with Gasteiger partial charge in [0, 0.05) is 9.52 Å². The molecule has 0 aliphatic carbocycles. The van der Waals surface area contributed by atoms with Crippen molar-refractivity contribution in [2.24, 2.45) is 0 Å². The van der Waals surface area contributed by atoms with E-state index in [2.05, 4.69) is 164 Å². The summed E-state index contributed by atoms with van der Waals surface area (Å²) in [6, 6.07) is 39.8. The van der Waals surface area contributed by atoms with E-state index in [9.17, 15) is 0 Å². The van der Waals surface area contributed by atoms with Crippen molar-refractivity contribution in [2.45, 2.75) is 66.5 Å². The van der Waals surface area contributed by atoms with Crippen LogP contribution < -0.4 is 0 Å². The van der Waals surface area contributed by atoms with Crippen LogP contribution in [0.1, 0.15) is 61.8 Å². The predicted octanol–water partition coefficient (Wildman–Crippen LogP) is 12.1. The Morgan fingerprint density at radius 3 is 1.17 bits per heavy atom. The zero-order valence-corrected chi connectivity index (χ0v) is 30.0. The molecule has 2 radical (unpaired) electrons. The Labute approximate surface area is 275 Å². The molecule has 0 aliphatic heterocycles. The Bertz CT molecular complexity index is 1590. The summed E-state index contributed by atoms with van der Waals surface area (Å²) in [7, 11) is 1.08. The van der Waals surface area contributed by atoms with Gasteiger partial charge in [-0.3, -0.25) is 0 Å². The van der Waals surface area contributed by atoms with E-state index in [1.54, 1.807) is 0 Å². The van der Waals surface area contributed by atoms with Crippen molar-refractivity contribution < 1.29 is 26.2 Å². The van der Waals surface area contributed by atoms with Gasteiger partial charge >= 0.3 is 26.2 Å². The summed E-state index contributed by atoms with van der Waals surface area (Å²) in [6.07, 6.45) is 0. The van der Waals surface area contributed by atoms with E-state index in [-0.39, 0.29) is 26.2 Å². The van der Waals surface area contributed by atoms with Gasteiger partial charge in [-0.15, -0.1) is 69.1 Å². The van der Waals surface area contributed by atoms with Crippen molar-refractivity contribution in [3.05, 3.63) is 131 Å². The van der Waals surface area contributed by atoms with Crippen LogP contribution in [-0.4, -0.2) is 9.52 Å². The van der Waals surface area contributed by atoms with Crippen molar-refractivity contribution in [3.8, 4) is 22.3 Å². The molecule has 0 saturated heterocycles. The molecule has 0 aliphatic rings. The smallest absolute Gasteiger partial charge is 0.164 e. The van der Waals surface area contributed by atoms with E-state index in [0.717, 1.165) is 9.52 Å². The van der Waals surface area contributed by atoms with E-state index in [1.165, 1.54) is 66.1 Å². The Hall–Kier alpha value is -2.80. The summed E-state index contributed by atoms with van der Waals surface area (Å²) in [4.78, 5) is 0. The van der Waals surface area contributed by atoms with Gasteiger partial charge < -0.3 is 0 Å². The SMILES string of the molecule is C[Si]C.Cc1ccccc1-c1cccc2[cH-]c(C(C)C)cc12.Cc1ccccc1-c1cccc2[cH-]c(C(C)C)cc12.[Zr+2]. The number of fused-ring (bicyclic) bond motifs is 2. The second-order valence-corrected chi connectivity index (χ2v) is 12.6. The van der Waals surface area contributed by atoms with Crippen LogP contribution in [0.2, 0.25) is 13.1 Å². The van der Waals surface area contributed by atoms with Crippen LogP contribution in [0.5, 0.6) is 0 Å². The first kappa shape index (κ1) is 33.7. The van der Waals surface area contributed by atoms with Crippen molar-refractivity contribution in [3.63, 3.8) is 0 Å². The third-order valence-electron chi connectivity index (χ3n) is 7.75. The van der Waals surface area contributed by atoms with Gasteiger partial charge in [-0.1, -0.05) is 113 Å². The van der Waals surface area contributed by atoms with Gasteiger partial charge in [0.05, 0.1) is 0 Å². The number of aryl methyl sites for hydroxylation is 2. The third kappa shape index (κ3) is 7.77. The monoisotopic (exact) mass is 642 g/mol. The molecule has 0 unspecified atom stereocenters. The molecule has 0 spiro atoms. The van der Waals surface area contributed by atoms with Crippen molar-refractivity contribution in [1.82, 2.24) is 0 Å². The normalized spacial score (nSPS) is 10.7. The summed E-state index contributed by atoms with van der Waals surface area (Å²) >= 11 is 0. The van der Waals surface area contributed by atoms with E-state index >= 15 is 0 Å². The average Bonchev–Trinajstić information content (AvgIpc) is 3.60. The third-order valence-corrected chi connectivity index (χ3v) is 7.75. The van der Waals surface area contributed by atoms with E-state index in [4.69, 9.17) is 0 Å². The molecule has 0 fully saturated rings. The van der Waals surface area contributed by atoms with Crippen LogP contribution in [0, 0.1) is 13.8 Å². The molecule has 6 rings (SSSR count). The summed E-state index contributed by atoms with van der Waals surface area (Å²) < 4.78 is 0. The maximum Gasteiger partial charge on any atom is 2.00 e. The number of hydrogen-bond donors (Lipinski definition) is 0. The molecule has 0 amide bonds. The molecule has 0 nitrogen and oxygen atoms in total. The Balaban J connectivity index is 0.000000207. The Kier molecular flexibility index (Phi) is 12.5. The molecule has 6 aromatic carbocycles. The van der Waals surface area contributed by atoms with Gasteiger partial charge in [0.25, 0.3) is 0 Å². The van der Waals surface area contributed by atoms with Crippen LogP contribution in [0.25, 0.3) is 43.8 Å². The van der Waals surface area contributed by atoms with Gasteiger partial charge in [-0.05, 0) is 47.9 Å². The first-order chi connectivity index (χ1) is 19.7. The van der Waals surface area contributed by atoms with Crippen LogP contribution in [0.4, 0.5) is 0 Å². The summed E-state index contributed by atoms with van der Waals surface area (Å²) in [5.74, 6) is 1.16. The molecular formula is C40H44SiZr. The fourth-order valence-corrected chi connectivity index (χ4v) is 5.40. The second kappa shape index (κ2) is 15.6. The topological polar surface area (TPSA) is 0 Å². The molecule has 0 bridgehead atoms. The fraction of sp³-hybridized carbons (Fsp3) is 0.250. The summed E-state index contributed by atoms with van der Waals surface area (Å²) in [5.41, 5.74) is 10.9. The number of rotatable bonds is 4. The Morgan fingerprint density at radius 1 is 0.500 bits per heavy atom. The first-order valence-corrected chi connectivity index (χ1v) is 16.8. The Morgan fingerprint density at radius 2 is 0.833 bits per heavy atom. The molecule has 212 valence electrons. The minimum absolute atomic E-state index is 0. The summed E-state index contributed by atoms with van der Waals surface area (Å²) in [6.45, 7) is 17.7. The second-order valence-electron chi connectivity index (χ2n) is 11.6. The zero-order valence-electron chi connectivity index (χ0n) is 26.5. The van der Waals surface area contributed by atoms with E-state index < -0.39 is 0 Å². The van der Waals surface area contributed by atoms with Gasteiger partial charge in [0.15, 0.2) is 0 Å². The standard InChI is InChI=1S/2C19H19.C2H6Si.Zr/c2*1-13(2)16-11-15-8-6-10-18(19(15)12-16)17-9-5-4-7-14(17)3;1-3-2;/h2*4-13H,1-3H3;1-2H3;/q2*-1;;+2. The average molecular weight is 644 g/mol. The van der Waals surface area contributed by atoms with Gasteiger partial charge in [-0.2, -0.15) is 12.1 Å². The van der Waals surface area contributed by atoms with Crippen molar-refractivity contribution in [2.75, 3.05) is 0 Å². The van der Waals surface area contributed by atoms with E-state index in [1.807, 2.05) is 0 Å². The number of benzene rings is 4. The van der Waals surface area contributed by atoms with E-state index in [0.29, 0.717) is 11.8 Å². The molecule has 0 aromatic heterocycles. The van der Waals surface area contributed by atoms with Crippen LogP contribution >= 0.6 is 0 Å². The van der Waals surface area contributed by atoms with Crippen LogP contribution in [0.3, 0.4) is 0 Å². The summed E-state index contributed by atoms with van der Waals surface area (Å²) in [5, 5.41) is 5.45. The fourth-order valence-electron chi connectivity index (χ4n) is 5.40. The van der Waals surface area contributed by atoms with Crippen LogP contribution in [-0.2, 0) is 26.2 Å². The maximum absolute atomic E-state index is 2.35. The largest absolute Gasteiger partial charge is 2.00 e. The molecule has 0 saturated carbocycles. The first-order valence-electron chi connectivity index (χ1n) is 14.8. The van der Waals surface area contributed by atoms with Gasteiger partial charge in [-0.25, -0.2) is 0 Å². The van der Waals surface area contributed by atoms with Crippen molar-refractivity contribution >= 4 is 31.1 Å². The molecule has 0 heterocycles. The molecule has 6 aromatic rings. The number of hydrogen-bond acceptors (Lipinski definition) is 0. The zero-order chi connectivity index (χ0) is 29.5. The molecule has 42 heavy (non-hydrogen) atoms. The minimum Gasteiger partial charge on any atom is -0.164 e. The molecule has 2 heteroatoms. The maximum atomic E-state index is 2.35. The van der Waals surface area contributed by atoms with Crippen LogP contribution in [0.15, 0.2) is 109 Å². The van der Waals surface area contributed by atoms with Gasteiger partial charge in [0.2, 0.25) is 0 Å². The minimum atomic E-state index is 0. The van der Waals surface area contributed by atoms with Gasteiger partial charge in [0.1, 0.15) is 0 Å².